The number of nitriles is 1. The third kappa shape index (κ3) is 5.87. The lowest BCUT2D eigenvalue weighted by Crippen LogP contribution is -2.46. The van der Waals surface area contributed by atoms with Crippen LogP contribution >= 0.6 is 0 Å². The first kappa shape index (κ1) is 33.3. The number of amides is 3. The fraction of sp³-hybridized carbons (Fsp3) is 0.514. The zero-order valence-corrected chi connectivity index (χ0v) is 28.9. The van der Waals surface area contributed by atoms with Gasteiger partial charge in [0.2, 0.25) is 17.7 Å². The maximum absolute atomic E-state index is 13.4. The van der Waals surface area contributed by atoms with Crippen molar-refractivity contribution in [2.75, 3.05) is 34.7 Å². The Morgan fingerprint density at radius 2 is 1.54 bits per heavy atom. The number of hydrogen-bond donors (Lipinski definition) is 1. The quantitative estimate of drug-likeness (QED) is 0.368. The van der Waals surface area contributed by atoms with E-state index in [1.54, 1.807) is 42.9 Å². The molecule has 3 aromatic rings. The molecule has 1 aromatic heterocycles. The summed E-state index contributed by atoms with van der Waals surface area (Å²) in [6, 6.07) is 13.6. The minimum atomic E-state index is -0.958. The molecule has 2 aromatic carbocycles. The van der Waals surface area contributed by atoms with Gasteiger partial charge in [0.25, 0.3) is 11.8 Å². The number of fused-ring (bicyclic) bond motifs is 3. The fourth-order valence-corrected chi connectivity index (χ4v) is 7.62. The first-order valence-corrected chi connectivity index (χ1v) is 16.8. The summed E-state index contributed by atoms with van der Waals surface area (Å²) in [6.07, 6.45) is 3.45. The van der Waals surface area contributed by atoms with Crippen molar-refractivity contribution in [3.05, 3.63) is 81.6 Å². The van der Waals surface area contributed by atoms with E-state index in [9.17, 15) is 19.6 Å². The number of aromatic nitrogens is 2. The van der Waals surface area contributed by atoms with Crippen molar-refractivity contribution in [3.8, 4) is 6.07 Å². The van der Waals surface area contributed by atoms with Crippen LogP contribution in [0.5, 0.6) is 0 Å². The molecular formula is C37H45N7O4. The van der Waals surface area contributed by atoms with Crippen LogP contribution < -0.4 is 5.32 Å². The molecule has 1 aliphatic heterocycles. The van der Waals surface area contributed by atoms with Crippen LogP contribution in [0.2, 0.25) is 0 Å². The van der Waals surface area contributed by atoms with Crippen LogP contribution in [0.3, 0.4) is 0 Å². The monoisotopic (exact) mass is 651 g/mol. The highest BCUT2D eigenvalue weighted by Gasteiger charge is 2.54. The molecule has 1 saturated heterocycles. The van der Waals surface area contributed by atoms with Crippen molar-refractivity contribution >= 4 is 17.7 Å². The molecule has 0 bridgehead atoms. The van der Waals surface area contributed by atoms with E-state index in [0.717, 1.165) is 35.1 Å². The van der Waals surface area contributed by atoms with Crippen LogP contribution in [0.15, 0.2) is 40.8 Å². The summed E-state index contributed by atoms with van der Waals surface area (Å²) in [6.45, 7) is 6.15. The van der Waals surface area contributed by atoms with Crippen molar-refractivity contribution in [1.29, 1.82) is 5.26 Å². The van der Waals surface area contributed by atoms with Gasteiger partial charge in [-0.1, -0.05) is 26.0 Å². The van der Waals surface area contributed by atoms with Gasteiger partial charge in [0, 0.05) is 57.3 Å². The number of carbonyl (C=O) groups excluding carboxylic acids is 3. The number of aryl methyl sites for hydroxylation is 2. The number of hydrogen-bond acceptors (Lipinski definition) is 8. The normalized spacial score (nSPS) is 21.0. The van der Waals surface area contributed by atoms with E-state index in [-0.39, 0.29) is 48.3 Å². The summed E-state index contributed by atoms with van der Waals surface area (Å²) in [5.41, 5.74) is 4.09. The van der Waals surface area contributed by atoms with E-state index in [1.165, 1.54) is 0 Å². The predicted molar refractivity (Wildman–Crippen MR) is 179 cm³/mol. The average molecular weight is 652 g/mol. The highest BCUT2D eigenvalue weighted by atomic mass is 16.4. The highest BCUT2D eigenvalue weighted by Crippen LogP contribution is 2.49. The molecule has 1 unspecified atom stereocenters. The largest absolute Gasteiger partial charge is 0.424 e. The van der Waals surface area contributed by atoms with Gasteiger partial charge in [-0.3, -0.25) is 14.4 Å². The lowest BCUT2D eigenvalue weighted by molar-refractivity contribution is -0.131. The van der Waals surface area contributed by atoms with Gasteiger partial charge in [-0.25, -0.2) is 0 Å². The molecule has 0 spiro atoms. The molecule has 48 heavy (non-hydrogen) atoms. The van der Waals surface area contributed by atoms with Gasteiger partial charge >= 0.3 is 0 Å². The third-order valence-corrected chi connectivity index (χ3v) is 10.2. The van der Waals surface area contributed by atoms with Crippen molar-refractivity contribution in [2.24, 2.45) is 5.92 Å². The number of rotatable bonds is 9. The number of benzene rings is 2. The van der Waals surface area contributed by atoms with Gasteiger partial charge in [-0.05, 0) is 91.5 Å². The summed E-state index contributed by atoms with van der Waals surface area (Å²) < 4.78 is 6.53. The molecule has 1 saturated carbocycles. The lowest BCUT2D eigenvalue weighted by Gasteiger charge is -2.36. The maximum Gasteiger partial charge on any atom is 0.253 e. The molecule has 6 rings (SSSR count). The second-order valence-corrected chi connectivity index (χ2v) is 14.4. The Hall–Kier alpha value is -4.56. The molecule has 0 radical (unpaired) electrons. The van der Waals surface area contributed by atoms with Gasteiger partial charge in [-0.2, -0.15) is 5.26 Å². The molecule has 2 fully saturated rings. The zero-order valence-electron chi connectivity index (χ0n) is 28.9. The molecule has 2 aliphatic carbocycles. The van der Waals surface area contributed by atoms with Gasteiger partial charge in [0.05, 0.1) is 12.6 Å². The van der Waals surface area contributed by atoms with Crippen LogP contribution in [0.25, 0.3) is 0 Å². The highest BCUT2D eigenvalue weighted by molar-refractivity contribution is 5.95. The molecule has 3 aliphatic rings. The minimum Gasteiger partial charge on any atom is -0.424 e. The minimum absolute atomic E-state index is 0.00107. The molecule has 11 nitrogen and oxygen atoms in total. The van der Waals surface area contributed by atoms with Crippen LogP contribution in [-0.4, -0.2) is 95.5 Å². The Kier molecular flexibility index (Phi) is 8.90. The molecule has 3 amide bonds. The standard InChI is InChI=1S/C37H45N7O4/c1-21(2)33-40-41-36(48-33)37(18-22(3)39-20-32(45)44-28(19-38)16-27-17-31(27)44)29-12-10-25(34(46)42(4)5)14-23(29)8-9-24-15-26(11-13-30(24)37)35(47)43(6)7/h10-15,21-22,27-28,31,39H,8-9,16-18,20H2,1-7H3/t22-,27-,28?,31+/m1/s1. The zero-order chi connectivity index (χ0) is 34.5. The van der Waals surface area contributed by atoms with Crippen LogP contribution in [0, 0.1) is 17.2 Å². The topological polar surface area (TPSA) is 136 Å². The van der Waals surface area contributed by atoms with Crippen molar-refractivity contribution in [2.45, 2.75) is 82.3 Å². The van der Waals surface area contributed by atoms with Gasteiger partial charge in [-0.15, -0.1) is 10.2 Å². The smallest absolute Gasteiger partial charge is 0.253 e. The summed E-state index contributed by atoms with van der Waals surface area (Å²) in [5.74, 6) is 1.15. The lowest BCUT2D eigenvalue weighted by atomic mass is 9.68. The van der Waals surface area contributed by atoms with E-state index in [1.807, 2.05) is 57.2 Å². The van der Waals surface area contributed by atoms with Gasteiger partial charge < -0.3 is 24.4 Å². The van der Waals surface area contributed by atoms with E-state index < -0.39 is 5.41 Å². The Balaban J connectivity index is 1.47. The molecule has 1 N–H and O–H groups in total. The summed E-state index contributed by atoms with van der Waals surface area (Å²) >= 11 is 0. The van der Waals surface area contributed by atoms with Gasteiger partial charge in [0.15, 0.2) is 0 Å². The molecule has 252 valence electrons. The number of nitrogens with zero attached hydrogens (tertiary/aromatic N) is 6. The fourth-order valence-electron chi connectivity index (χ4n) is 7.62. The molecule has 2 heterocycles. The first-order valence-electron chi connectivity index (χ1n) is 16.8. The second-order valence-electron chi connectivity index (χ2n) is 14.4. The Labute approximate surface area is 282 Å². The van der Waals surface area contributed by atoms with E-state index in [2.05, 4.69) is 21.6 Å². The third-order valence-electron chi connectivity index (χ3n) is 10.2. The number of nitrogens with one attached hydrogen (secondary N) is 1. The average Bonchev–Trinajstić information content (AvgIpc) is 3.48. The SMILES string of the molecule is CC(C)c1nnc(C2(C[C@@H](C)NCC(=O)N3C(C#N)C[C@@H]4C[C@@H]43)c3ccc(C(=O)N(C)C)cc3CCc3cc(C(=O)N(C)C)ccc32)o1. The van der Waals surface area contributed by atoms with E-state index in [4.69, 9.17) is 4.42 Å². The summed E-state index contributed by atoms with van der Waals surface area (Å²) in [4.78, 5) is 44.6. The molecule has 4 atom stereocenters. The number of carbonyl (C=O) groups is 3. The number of likely N-dealkylation sites (tertiary alicyclic amines) is 1. The van der Waals surface area contributed by atoms with Crippen molar-refractivity contribution < 1.29 is 18.8 Å². The molecular weight excluding hydrogens is 606 g/mol. The van der Waals surface area contributed by atoms with Crippen LogP contribution in [0.1, 0.15) is 101 Å². The summed E-state index contributed by atoms with van der Waals surface area (Å²) in [7, 11) is 6.95. The maximum atomic E-state index is 13.4. The first-order chi connectivity index (χ1) is 22.8. The predicted octanol–water partition coefficient (Wildman–Crippen LogP) is 3.91. The van der Waals surface area contributed by atoms with Crippen LogP contribution in [-0.2, 0) is 23.1 Å². The van der Waals surface area contributed by atoms with E-state index in [0.29, 0.717) is 48.1 Å². The summed E-state index contributed by atoms with van der Waals surface area (Å²) in [5, 5.41) is 22.3. The van der Waals surface area contributed by atoms with Crippen LogP contribution in [0.4, 0.5) is 0 Å². The molecule has 11 heteroatoms. The van der Waals surface area contributed by atoms with Gasteiger partial charge in [0.1, 0.15) is 11.5 Å². The van der Waals surface area contributed by atoms with E-state index >= 15 is 0 Å². The van der Waals surface area contributed by atoms with Crippen molar-refractivity contribution in [3.63, 3.8) is 0 Å². The number of piperidine rings is 1. The Morgan fingerprint density at radius 1 is 0.958 bits per heavy atom. The van der Waals surface area contributed by atoms with Crippen molar-refractivity contribution in [1.82, 2.24) is 30.2 Å². The Morgan fingerprint density at radius 3 is 2.04 bits per heavy atom. The Bertz CT molecular complexity index is 1720. The second kappa shape index (κ2) is 12.8.